The van der Waals surface area contributed by atoms with Crippen LogP contribution in [0.15, 0.2) is 16.6 Å². The normalized spacial score (nSPS) is 21.2. The first kappa shape index (κ1) is 19.0. The molecule has 1 aromatic heterocycles. The number of carbonyl (C=O) groups excluding carboxylic acids is 1. The molecule has 0 bridgehead atoms. The zero-order chi connectivity index (χ0) is 17.7. The molecule has 134 valence electrons. The number of pyridine rings is 1. The fourth-order valence-electron chi connectivity index (χ4n) is 2.75. The van der Waals surface area contributed by atoms with Gasteiger partial charge in [-0.25, -0.2) is 9.78 Å². The Morgan fingerprint density at radius 1 is 1.33 bits per heavy atom. The molecule has 0 unspecified atom stereocenters. The molecule has 1 fully saturated rings. The predicted octanol–water partition coefficient (Wildman–Crippen LogP) is 4.48. The van der Waals surface area contributed by atoms with Gasteiger partial charge in [0.15, 0.2) is 0 Å². The lowest BCUT2D eigenvalue weighted by Crippen LogP contribution is -2.41. The molecular formula is C17H25BrFN3O2. The van der Waals surface area contributed by atoms with Crippen molar-refractivity contribution in [1.29, 1.82) is 0 Å². The second kappa shape index (κ2) is 8.14. The summed E-state index contributed by atoms with van der Waals surface area (Å²) in [5.74, 6) is 0.533. The number of halogens is 2. The molecule has 0 saturated heterocycles. The Bertz CT molecular complexity index is 569. The van der Waals surface area contributed by atoms with Crippen LogP contribution in [-0.4, -0.2) is 29.3 Å². The summed E-state index contributed by atoms with van der Waals surface area (Å²) in [6.45, 7) is 6.32. The lowest BCUT2D eigenvalue weighted by atomic mass is 9.86. The van der Waals surface area contributed by atoms with Crippen molar-refractivity contribution in [2.24, 2.45) is 5.92 Å². The average Bonchev–Trinajstić information content (AvgIpc) is 2.48. The predicted molar refractivity (Wildman–Crippen MR) is 95.5 cm³/mol. The molecule has 1 aliphatic carbocycles. The van der Waals surface area contributed by atoms with E-state index >= 15 is 0 Å². The molecule has 7 heteroatoms. The summed E-state index contributed by atoms with van der Waals surface area (Å²) in [4.78, 5) is 15.6. The number of nitrogens with one attached hydrogen (secondary N) is 2. The number of anilines is 1. The first-order chi connectivity index (χ1) is 11.2. The highest BCUT2D eigenvalue weighted by atomic mass is 79.9. The molecule has 0 atom stereocenters. The summed E-state index contributed by atoms with van der Waals surface area (Å²) in [7, 11) is 0. The van der Waals surface area contributed by atoms with Gasteiger partial charge in [0.2, 0.25) is 5.95 Å². The monoisotopic (exact) mass is 401 g/mol. The highest BCUT2D eigenvalue weighted by Crippen LogP contribution is 2.25. The van der Waals surface area contributed by atoms with Gasteiger partial charge in [0.25, 0.3) is 0 Å². The zero-order valence-corrected chi connectivity index (χ0v) is 16.0. The van der Waals surface area contributed by atoms with E-state index < -0.39 is 11.5 Å². The fourth-order valence-corrected chi connectivity index (χ4v) is 2.97. The van der Waals surface area contributed by atoms with Crippen LogP contribution in [0.2, 0.25) is 0 Å². The Labute approximate surface area is 150 Å². The number of hydrogen-bond acceptors (Lipinski definition) is 4. The van der Waals surface area contributed by atoms with E-state index in [9.17, 15) is 9.18 Å². The number of alkyl carbamates (subject to hydrolysis) is 1. The maximum atomic E-state index is 13.4. The maximum Gasteiger partial charge on any atom is 0.407 e. The van der Waals surface area contributed by atoms with Crippen molar-refractivity contribution in [2.75, 3.05) is 11.9 Å². The van der Waals surface area contributed by atoms with Crippen molar-refractivity contribution >= 4 is 27.8 Å². The van der Waals surface area contributed by atoms with Gasteiger partial charge < -0.3 is 15.4 Å². The number of rotatable bonds is 4. The van der Waals surface area contributed by atoms with E-state index in [0.717, 1.165) is 32.2 Å². The zero-order valence-electron chi connectivity index (χ0n) is 14.4. The third-order valence-corrected chi connectivity index (χ3v) is 4.53. The standard InChI is InChI=1S/C17H25BrFN3O2/c1-17(2,3)24-16(23)21-12-6-4-11(5-7-12)10-20-14-9-8-13(18)15(19)22-14/h8-9,11-12H,4-7,10H2,1-3H3,(H,20,22)(H,21,23). The molecule has 1 aliphatic rings. The molecule has 2 N–H and O–H groups in total. The Hall–Kier alpha value is -1.37. The largest absolute Gasteiger partial charge is 0.444 e. The minimum atomic E-state index is -0.509. The van der Waals surface area contributed by atoms with Crippen molar-refractivity contribution in [3.8, 4) is 0 Å². The van der Waals surface area contributed by atoms with Gasteiger partial charge in [-0.2, -0.15) is 4.39 Å². The van der Waals surface area contributed by atoms with Crippen LogP contribution in [-0.2, 0) is 4.74 Å². The SMILES string of the molecule is CC(C)(C)OC(=O)NC1CCC(CNc2ccc(Br)c(F)n2)CC1. The highest BCUT2D eigenvalue weighted by molar-refractivity contribution is 9.10. The number of hydrogen-bond donors (Lipinski definition) is 2. The number of nitrogens with zero attached hydrogens (tertiary/aromatic N) is 1. The minimum absolute atomic E-state index is 0.166. The third kappa shape index (κ3) is 6.26. The molecule has 0 radical (unpaired) electrons. The summed E-state index contributed by atoms with van der Waals surface area (Å²) in [6, 6.07) is 3.56. The lowest BCUT2D eigenvalue weighted by molar-refractivity contribution is 0.0488. The fraction of sp³-hybridized carbons (Fsp3) is 0.647. The smallest absolute Gasteiger partial charge is 0.407 e. The average molecular weight is 402 g/mol. The van der Waals surface area contributed by atoms with Crippen molar-refractivity contribution in [1.82, 2.24) is 10.3 Å². The topological polar surface area (TPSA) is 63.2 Å². The molecule has 0 spiro atoms. The van der Waals surface area contributed by atoms with Crippen LogP contribution in [0.25, 0.3) is 0 Å². The van der Waals surface area contributed by atoms with Gasteiger partial charge in [-0.1, -0.05) is 0 Å². The Kier molecular flexibility index (Phi) is 6.43. The molecule has 0 aliphatic heterocycles. The van der Waals surface area contributed by atoms with Crippen molar-refractivity contribution in [3.63, 3.8) is 0 Å². The Morgan fingerprint density at radius 3 is 2.58 bits per heavy atom. The van der Waals surface area contributed by atoms with Gasteiger partial charge in [0.1, 0.15) is 11.4 Å². The second-order valence-corrected chi connectivity index (χ2v) is 8.07. The van der Waals surface area contributed by atoms with Gasteiger partial charge in [0, 0.05) is 12.6 Å². The number of carbonyl (C=O) groups is 1. The molecule has 24 heavy (non-hydrogen) atoms. The number of aromatic nitrogens is 1. The van der Waals surface area contributed by atoms with Crippen LogP contribution in [0, 0.1) is 11.9 Å². The summed E-state index contributed by atoms with van der Waals surface area (Å²) in [5.41, 5.74) is -0.474. The van der Waals surface area contributed by atoms with Crippen LogP contribution in [0.4, 0.5) is 15.0 Å². The molecule has 1 saturated carbocycles. The molecule has 0 aromatic carbocycles. The molecule has 1 amide bonds. The van der Waals surface area contributed by atoms with Crippen LogP contribution in [0.5, 0.6) is 0 Å². The Morgan fingerprint density at radius 2 is 2.00 bits per heavy atom. The first-order valence-electron chi connectivity index (χ1n) is 8.28. The molecule has 1 heterocycles. The molecular weight excluding hydrogens is 377 g/mol. The van der Waals surface area contributed by atoms with Crippen molar-refractivity contribution in [3.05, 3.63) is 22.6 Å². The third-order valence-electron chi connectivity index (χ3n) is 3.94. The lowest BCUT2D eigenvalue weighted by Gasteiger charge is -2.30. The van der Waals surface area contributed by atoms with Gasteiger partial charge in [0.05, 0.1) is 4.47 Å². The van der Waals surface area contributed by atoms with Crippen molar-refractivity contribution < 1.29 is 13.9 Å². The molecule has 5 nitrogen and oxygen atoms in total. The summed E-state index contributed by atoms with van der Waals surface area (Å²) in [6.07, 6.45) is 3.51. The van der Waals surface area contributed by atoms with E-state index in [0.29, 0.717) is 16.2 Å². The van der Waals surface area contributed by atoms with Crippen LogP contribution < -0.4 is 10.6 Å². The number of amides is 1. The van der Waals surface area contributed by atoms with Gasteiger partial charge in [-0.15, -0.1) is 0 Å². The maximum absolute atomic E-state index is 13.4. The van der Waals surface area contributed by atoms with E-state index in [-0.39, 0.29) is 12.1 Å². The summed E-state index contributed by atoms with van der Waals surface area (Å²) in [5, 5.41) is 6.12. The van der Waals surface area contributed by atoms with Crippen LogP contribution in [0.1, 0.15) is 46.5 Å². The van der Waals surface area contributed by atoms with Crippen LogP contribution >= 0.6 is 15.9 Å². The van der Waals surface area contributed by atoms with E-state index in [1.807, 2.05) is 20.8 Å². The van der Waals surface area contributed by atoms with Gasteiger partial charge in [-0.05, 0) is 80.4 Å². The van der Waals surface area contributed by atoms with E-state index in [1.165, 1.54) is 0 Å². The van der Waals surface area contributed by atoms with E-state index in [1.54, 1.807) is 12.1 Å². The molecule has 1 aromatic rings. The highest BCUT2D eigenvalue weighted by Gasteiger charge is 2.24. The van der Waals surface area contributed by atoms with Gasteiger partial charge in [-0.3, -0.25) is 0 Å². The van der Waals surface area contributed by atoms with Gasteiger partial charge >= 0.3 is 6.09 Å². The summed E-state index contributed by atoms with van der Waals surface area (Å²) < 4.78 is 19.0. The molecule has 2 rings (SSSR count). The minimum Gasteiger partial charge on any atom is -0.444 e. The Balaban J connectivity index is 1.71. The first-order valence-corrected chi connectivity index (χ1v) is 9.07. The second-order valence-electron chi connectivity index (χ2n) is 7.21. The van der Waals surface area contributed by atoms with E-state index in [2.05, 4.69) is 31.5 Å². The van der Waals surface area contributed by atoms with Crippen molar-refractivity contribution in [2.45, 2.75) is 58.1 Å². The van der Waals surface area contributed by atoms with E-state index in [4.69, 9.17) is 4.74 Å². The quantitative estimate of drug-likeness (QED) is 0.729. The van der Waals surface area contributed by atoms with Crippen LogP contribution in [0.3, 0.4) is 0 Å². The number of ether oxygens (including phenoxy) is 1. The summed E-state index contributed by atoms with van der Waals surface area (Å²) >= 11 is 3.09.